The van der Waals surface area contributed by atoms with Crippen LogP contribution in [0.5, 0.6) is 0 Å². The third-order valence-corrected chi connectivity index (χ3v) is 4.66. The maximum atomic E-state index is 14.4. The van der Waals surface area contributed by atoms with Crippen LogP contribution in [0.4, 0.5) is 4.39 Å². The summed E-state index contributed by atoms with van der Waals surface area (Å²) in [6.45, 7) is 1.84. The second-order valence-corrected chi connectivity index (χ2v) is 6.72. The molecule has 0 saturated carbocycles. The molecule has 5 heteroatoms. The van der Waals surface area contributed by atoms with Crippen molar-refractivity contribution in [3.63, 3.8) is 0 Å². The average molecular weight is 358 g/mol. The molecule has 2 aromatic rings. The van der Waals surface area contributed by atoms with Gasteiger partial charge in [-0.3, -0.25) is 0 Å². The van der Waals surface area contributed by atoms with Gasteiger partial charge in [0.05, 0.1) is 26.4 Å². The van der Waals surface area contributed by atoms with Crippen LogP contribution < -0.4 is 0 Å². The monoisotopic (exact) mass is 358 g/mol. The number of hydrogen-bond acceptors (Lipinski definition) is 4. The molecule has 0 N–H and O–H groups in total. The maximum Gasteiger partial charge on any atom is 0.157 e. The van der Waals surface area contributed by atoms with E-state index in [1.807, 2.05) is 60.7 Å². The number of benzene rings is 2. The Bertz CT molecular complexity index is 621. The predicted molar refractivity (Wildman–Crippen MR) is 94.4 cm³/mol. The lowest BCUT2D eigenvalue weighted by Gasteiger charge is -2.04. The van der Waals surface area contributed by atoms with Gasteiger partial charge in [0.1, 0.15) is 24.4 Å². The number of hydrogen-bond donors (Lipinski definition) is 0. The van der Waals surface area contributed by atoms with Crippen molar-refractivity contribution in [1.29, 1.82) is 0 Å². The second kappa shape index (κ2) is 8.27. The van der Waals surface area contributed by atoms with Gasteiger partial charge in [-0.25, -0.2) is 4.39 Å². The Labute approximate surface area is 152 Å². The van der Waals surface area contributed by atoms with Crippen molar-refractivity contribution in [3.05, 3.63) is 71.8 Å². The summed E-state index contributed by atoms with van der Waals surface area (Å²) < 4.78 is 36.5. The van der Waals surface area contributed by atoms with Crippen LogP contribution in [0.2, 0.25) is 0 Å². The first-order valence-corrected chi connectivity index (χ1v) is 8.99. The van der Waals surface area contributed by atoms with Crippen molar-refractivity contribution in [2.45, 2.75) is 43.8 Å². The van der Waals surface area contributed by atoms with E-state index in [-0.39, 0.29) is 12.2 Å². The lowest BCUT2D eigenvalue weighted by atomic mass is 10.1. The summed E-state index contributed by atoms with van der Waals surface area (Å²) in [5.74, 6) is 0. The fourth-order valence-electron chi connectivity index (χ4n) is 3.06. The van der Waals surface area contributed by atoms with Crippen LogP contribution in [0, 0.1) is 0 Å². The Kier molecular flexibility index (Phi) is 5.60. The molecule has 0 aliphatic carbocycles. The normalized spacial score (nSPS) is 26.8. The Hall–Kier alpha value is -1.79. The molecule has 0 bridgehead atoms. The first-order valence-electron chi connectivity index (χ1n) is 8.99. The van der Waals surface area contributed by atoms with Crippen LogP contribution in [-0.2, 0) is 32.2 Å². The van der Waals surface area contributed by atoms with Gasteiger partial charge < -0.3 is 18.9 Å². The van der Waals surface area contributed by atoms with Gasteiger partial charge in [-0.1, -0.05) is 60.7 Å². The molecule has 0 unspecified atom stereocenters. The zero-order valence-corrected chi connectivity index (χ0v) is 14.5. The molecule has 2 heterocycles. The number of epoxide rings is 2. The lowest BCUT2D eigenvalue weighted by Crippen LogP contribution is -2.23. The molecule has 2 fully saturated rings. The Morgan fingerprint density at radius 3 is 1.58 bits per heavy atom. The van der Waals surface area contributed by atoms with E-state index < -0.39 is 18.4 Å². The summed E-state index contributed by atoms with van der Waals surface area (Å²) in [6.07, 6.45) is -2.32. The predicted octanol–water partition coefficient (Wildman–Crippen LogP) is 3.29. The van der Waals surface area contributed by atoms with E-state index in [2.05, 4.69) is 0 Å². The van der Waals surface area contributed by atoms with E-state index in [1.54, 1.807) is 0 Å². The molecule has 2 aliphatic heterocycles. The third-order valence-electron chi connectivity index (χ3n) is 4.66. The van der Waals surface area contributed by atoms with E-state index in [4.69, 9.17) is 18.9 Å². The summed E-state index contributed by atoms with van der Waals surface area (Å²) in [7, 11) is 0. The largest absolute Gasteiger partial charge is 0.374 e. The van der Waals surface area contributed by atoms with Crippen molar-refractivity contribution in [2.75, 3.05) is 13.2 Å². The minimum atomic E-state index is -1.12. The summed E-state index contributed by atoms with van der Waals surface area (Å²) >= 11 is 0. The summed E-state index contributed by atoms with van der Waals surface area (Å²) in [4.78, 5) is 0. The van der Waals surface area contributed by atoms with Crippen LogP contribution in [0.3, 0.4) is 0 Å². The highest BCUT2D eigenvalue weighted by Crippen LogP contribution is 2.38. The molecule has 4 atom stereocenters. The van der Waals surface area contributed by atoms with Gasteiger partial charge in [-0.2, -0.15) is 0 Å². The number of rotatable bonds is 10. The standard InChI is InChI=1S/C21H23FO4/c22-19(20-17(25-20)13-23-11-15-7-3-1-4-8-15)21-18(26-21)14-24-12-16-9-5-2-6-10-16/h1-10,17-21H,11-14H2/t17-,18-,20+,21+/m1/s1. The number of ether oxygens (including phenoxy) is 4. The molecule has 26 heavy (non-hydrogen) atoms. The average Bonchev–Trinajstić information content (AvgIpc) is 3.59. The Morgan fingerprint density at radius 2 is 1.15 bits per heavy atom. The minimum Gasteiger partial charge on any atom is -0.374 e. The fourth-order valence-corrected chi connectivity index (χ4v) is 3.06. The van der Waals surface area contributed by atoms with E-state index in [0.717, 1.165) is 11.1 Å². The summed E-state index contributed by atoms with van der Waals surface area (Å²) in [6, 6.07) is 19.8. The van der Waals surface area contributed by atoms with Gasteiger partial charge in [-0.15, -0.1) is 0 Å². The van der Waals surface area contributed by atoms with E-state index >= 15 is 0 Å². The van der Waals surface area contributed by atoms with Gasteiger partial charge in [-0.05, 0) is 11.1 Å². The molecule has 4 nitrogen and oxygen atoms in total. The minimum absolute atomic E-state index is 0.177. The lowest BCUT2D eigenvalue weighted by molar-refractivity contribution is 0.104. The third kappa shape index (κ3) is 4.68. The van der Waals surface area contributed by atoms with Crippen molar-refractivity contribution < 1.29 is 23.3 Å². The Balaban J connectivity index is 1.10. The molecule has 0 aromatic heterocycles. The first-order chi connectivity index (χ1) is 12.8. The van der Waals surface area contributed by atoms with Crippen LogP contribution in [-0.4, -0.2) is 43.8 Å². The van der Waals surface area contributed by atoms with Crippen molar-refractivity contribution in [3.8, 4) is 0 Å². The molecular weight excluding hydrogens is 335 g/mol. The SMILES string of the molecule is FC([C@H]1O[C@@H]1COCc1ccccc1)[C@H]1O[C@@H]1COCc1ccccc1. The Morgan fingerprint density at radius 1 is 0.731 bits per heavy atom. The van der Waals surface area contributed by atoms with Crippen molar-refractivity contribution in [2.24, 2.45) is 0 Å². The van der Waals surface area contributed by atoms with Gasteiger partial charge in [0.15, 0.2) is 6.17 Å². The maximum absolute atomic E-state index is 14.4. The van der Waals surface area contributed by atoms with Crippen LogP contribution in [0.25, 0.3) is 0 Å². The highest BCUT2D eigenvalue weighted by atomic mass is 19.1. The quantitative estimate of drug-likeness (QED) is 0.611. The first kappa shape index (κ1) is 17.6. The van der Waals surface area contributed by atoms with Crippen LogP contribution in [0.1, 0.15) is 11.1 Å². The fraction of sp³-hybridized carbons (Fsp3) is 0.429. The van der Waals surface area contributed by atoms with Crippen LogP contribution >= 0.6 is 0 Å². The van der Waals surface area contributed by atoms with E-state index in [1.165, 1.54) is 0 Å². The molecule has 4 rings (SSSR count). The van der Waals surface area contributed by atoms with Gasteiger partial charge >= 0.3 is 0 Å². The number of halogens is 1. The molecule has 0 spiro atoms. The highest BCUT2D eigenvalue weighted by molar-refractivity contribution is 5.14. The number of alkyl halides is 1. The molecule has 2 aromatic carbocycles. The molecule has 0 amide bonds. The summed E-state index contributed by atoms with van der Waals surface area (Å²) in [5, 5.41) is 0. The zero-order valence-electron chi connectivity index (χ0n) is 14.5. The smallest absolute Gasteiger partial charge is 0.157 e. The summed E-state index contributed by atoms with van der Waals surface area (Å²) in [5.41, 5.74) is 2.20. The van der Waals surface area contributed by atoms with Crippen LogP contribution in [0.15, 0.2) is 60.7 Å². The topological polar surface area (TPSA) is 43.5 Å². The van der Waals surface area contributed by atoms with Gasteiger partial charge in [0.2, 0.25) is 0 Å². The highest BCUT2D eigenvalue weighted by Gasteiger charge is 2.56. The zero-order chi connectivity index (χ0) is 17.8. The van der Waals surface area contributed by atoms with Crippen molar-refractivity contribution in [1.82, 2.24) is 0 Å². The molecular formula is C21H23FO4. The van der Waals surface area contributed by atoms with Gasteiger partial charge in [0.25, 0.3) is 0 Å². The molecule has 2 aliphatic rings. The molecule has 2 saturated heterocycles. The molecule has 0 radical (unpaired) electrons. The van der Waals surface area contributed by atoms with Gasteiger partial charge in [0, 0.05) is 0 Å². The second-order valence-electron chi connectivity index (χ2n) is 6.72. The van der Waals surface area contributed by atoms with E-state index in [0.29, 0.717) is 26.4 Å². The van der Waals surface area contributed by atoms with Crippen molar-refractivity contribution >= 4 is 0 Å². The molecule has 138 valence electrons. The van der Waals surface area contributed by atoms with E-state index in [9.17, 15) is 4.39 Å².